The summed E-state index contributed by atoms with van der Waals surface area (Å²) >= 11 is 1.59. The smallest absolute Gasteiger partial charge is 0.0957 e. The standard InChI is InChI=1S/C15H18N4OS/c1-15(2,3)13-9-21-14(18-13)6-12(20)10-7-17-19-5-4-16-8-11(10)19/h4-5,7-9,12,20H,6H2,1-3H3. The van der Waals surface area contributed by atoms with Gasteiger partial charge in [0.2, 0.25) is 0 Å². The van der Waals surface area contributed by atoms with Gasteiger partial charge in [0.25, 0.3) is 0 Å². The van der Waals surface area contributed by atoms with Gasteiger partial charge in [0.15, 0.2) is 0 Å². The Balaban J connectivity index is 1.83. The first-order chi connectivity index (χ1) is 9.95. The van der Waals surface area contributed by atoms with Crippen molar-refractivity contribution in [2.45, 2.75) is 38.7 Å². The van der Waals surface area contributed by atoms with Gasteiger partial charge < -0.3 is 5.11 Å². The molecule has 110 valence electrons. The quantitative estimate of drug-likeness (QED) is 0.808. The summed E-state index contributed by atoms with van der Waals surface area (Å²) in [6.07, 6.45) is 6.73. The number of aromatic nitrogens is 4. The molecule has 0 bridgehead atoms. The van der Waals surface area contributed by atoms with E-state index in [0.717, 1.165) is 21.8 Å². The molecule has 5 nitrogen and oxygen atoms in total. The first-order valence-corrected chi connectivity index (χ1v) is 7.73. The molecule has 3 aromatic heterocycles. The number of aliphatic hydroxyl groups excluding tert-OH is 1. The molecule has 0 aliphatic rings. The molecule has 0 saturated carbocycles. The zero-order valence-corrected chi connectivity index (χ0v) is 13.1. The van der Waals surface area contributed by atoms with Crippen LogP contribution in [-0.4, -0.2) is 24.7 Å². The molecule has 0 aromatic carbocycles. The van der Waals surface area contributed by atoms with E-state index in [0.29, 0.717) is 6.42 Å². The van der Waals surface area contributed by atoms with E-state index in [1.54, 1.807) is 40.6 Å². The van der Waals surface area contributed by atoms with Gasteiger partial charge in [-0.15, -0.1) is 11.3 Å². The fourth-order valence-corrected chi connectivity index (χ4v) is 3.19. The highest BCUT2D eigenvalue weighted by Gasteiger charge is 2.20. The van der Waals surface area contributed by atoms with Crippen molar-refractivity contribution in [3.63, 3.8) is 0 Å². The minimum Gasteiger partial charge on any atom is -0.388 e. The topological polar surface area (TPSA) is 63.3 Å². The predicted octanol–water partition coefficient (Wildman–Crippen LogP) is 2.76. The fourth-order valence-electron chi connectivity index (χ4n) is 2.13. The van der Waals surface area contributed by atoms with Crippen LogP contribution in [0.2, 0.25) is 0 Å². The summed E-state index contributed by atoms with van der Waals surface area (Å²) in [5, 5.41) is 17.7. The first kappa shape index (κ1) is 14.2. The Kier molecular flexibility index (Phi) is 3.51. The van der Waals surface area contributed by atoms with Crippen LogP contribution >= 0.6 is 11.3 Å². The molecular weight excluding hydrogens is 284 g/mol. The Morgan fingerprint density at radius 2 is 2.14 bits per heavy atom. The lowest BCUT2D eigenvalue weighted by Gasteiger charge is -2.14. The predicted molar refractivity (Wildman–Crippen MR) is 82.5 cm³/mol. The number of hydrogen-bond donors (Lipinski definition) is 1. The number of hydrogen-bond acceptors (Lipinski definition) is 5. The summed E-state index contributed by atoms with van der Waals surface area (Å²) in [7, 11) is 0. The highest BCUT2D eigenvalue weighted by Crippen LogP contribution is 2.27. The molecule has 1 unspecified atom stereocenters. The molecule has 3 rings (SSSR count). The second kappa shape index (κ2) is 5.20. The van der Waals surface area contributed by atoms with E-state index in [1.807, 2.05) is 0 Å². The van der Waals surface area contributed by atoms with E-state index in [4.69, 9.17) is 0 Å². The second-order valence-corrected chi connectivity index (χ2v) is 7.05. The van der Waals surface area contributed by atoms with Gasteiger partial charge in [-0.2, -0.15) is 5.10 Å². The highest BCUT2D eigenvalue weighted by atomic mass is 32.1. The van der Waals surface area contributed by atoms with Crippen molar-refractivity contribution in [1.29, 1.82) is 0 Å². The molecule has 3 heterocycles. The van der Waals surface area contributed by atoms with Gasteiger partial charge in [-0.1, -0.05) is 20.8 Å². The molecule has 1 atom stereocenters. The van der Waals surface area contributed by atoms with Gasteiger partial charge >= 0.3 is 0 Å². The number of nitrogens with zero attached hydrogens (tertiary/aromatic N) is 4. The first-order valence-electron chi connectivity index (χ1n) is 6.85. The maximum absolute atomic E-state index is 10.5. The normalized spacial score (nSPS) is 13.7. The molecule has 3 aromatic rings. The number of aliphatic hydroxyl groups is 1. The summed E-state index contributed by atoms with van der Waals surface area (Å²) in [6, 6.07) is 0. The van der Waals surface area contributed by atoms with Crippen molar-refractivity contribution >= 4 is 16.9 Å². The summed E-state index contributed by atoms with van der Waals surface area (Å²) in [4.78, 5) is 8.71. The van der Waals surface area contributed by atoms with Gasteiger partial charge in [-0.3, -0.25) is 4.98 Å². The highest BCUT2D eigenvalue weighted by molar-refractivity contribution is 7.09. The molecule has 0 aliphatic carbocycles. The summed E-state index contributed by atoms with van der Waals surface area (Å²) in [5.41, 5.74) is 2.72. The molecule has 0 aliphatic heterocycles. The van der Waals surface area contributed by atoms with Crippen LogP contribution in [0.25, 0.3) is 5.52 Å². The third-order valence-electron chi connectivity index (χ3n) is 3.40. The van der Waals surface area contributed by atoms with Gasteiger partial charge in [0, 0.05) is 35.2 Å². The molecule has 0 amide bonds. The number of rotatable bonds is 3. The van der Waals surface area contributed by atoms with Crippen LogP contribution in [0.4, 0.5) is 0 Å². The van der Waals surface area contributed by atoms with E-state index in [-0.39, 0.29) is 5.41 Å². The average Bonchev–Trinajstić information content (AvgIpc) is 3.03. The molecule has 0 radical (unpaired) electrons. The lowest BCUT2D eigenvalue weighted by molar-refractivity contribution is 0.179. The maximum atomic E-state index is 10.5. The van der Waals surface area contributed by atoms with Crippen molar-refractivity contribution in [1.82, 2.24) is 19.6 Å². The van der Waals surface area contributed by atoms with Gasteiger partial charge in [0.1, 0.15) is 0 Å². The summed E-state index contributed by atoms with van der Waals surface area (Å²) < 4.78 is 1.72. The van der Waals surface area contributed by atoms with Gasteiger partial charge in [-0.05, 0) is 0 Å². The van der Waals surface area contributed by atoms with E-state index in [2.05, 4.69) is 41.2 Å². The van der Waals surface area contributed by atoms with Crippen LogP contribution in [0.3, 0.4) is 0 Å². The average molecular weight is 302 g/mol. The van der Waals surface area contributed by atoms with Crippen LogP contribution < -0.4 is 0 Å². The van der Waals surface area contributed by atoms with E-state index in [1.165, 1.54) is 0 Å². The second-order valence-electron chi connectivity index (χ2n) is 6.10. The van der Waals surface area contributed by atoms with E-state index >= 15 is 0 Å². The SMILES string of the molecule is CC(C)(C)c1csc(CC(O)c2cnn3ccncc23)n1. The van der Waals surface area contributed by atoms with Gasteiger partial charge in [-0.25, -0.2) is 9.50 Å². The van der Waals surface area contributed by atoms with Crippen LogP contribution in [0.5, 0.6) is 0 Å². The van der Waals surface area contributed by atoms with E-state index in [9.17, 15) is 5.11 Å². The molecular formula is C15H18N4OS. The molecule has 6 heteroatoms. The Bertz CT molecular complexity index is 756. The molecule has 0 spiro atoms. The lowest BCUT2D eigenvalue weighted by Crippen LogP contribution is -2.12. The minimum absolute atomic E-state index is 0.0357. The molecule has 21 heavy (non-hydrogen) atoms. The minimum atomic E-state index is -0.620. The van der Waals surface area contributed by atoms with Crippen molar-refractivity contribution in [3.8, 4) is 0 Å². The third-order valence-corrected chi connectivity index (χ3v) is 4.27. The zero-order chi connectivity index (χ0) is 15.0. The van der Waals surface area contributed by atoms with Gasteiger partial charge in [0.05, 0.1) is 34.7 Å². The largest absolute Gasteiger partial charge is 0.388 e. The van der Waals surface area contributed by atoms with Crippen LogP contribution in [0.15, 0.2) is 30.2 Å². The van der Waals surface area contributed by atoms with E-state index < -0.39 is 6.10 Å². The Labute approximate surface area is 127 Å². The molecule has 0 fully saturated rings. The van der Waals surface area contributed by atoms with Crippen molar-refractivity contribution < 1.29 is 5.11 Å². The Morgan fingerprint density at radius 1 is 1.33 bits per heavy atom. The summed E-state index contributed by atoms with van der Waals surface area (Å²) in [5.74, 6) is 0. The van der Waals surface area contributed by atoms with Crippen molar-refractivity contribution in [2.75, 3.05) is 0 Å². The Hall–Kier alpha value is -1.79. The van der Waals surface area contributed by atoms with Crippen molar-refractivity contribution in [2.24, 2.45) is 0 Å². The number of thiazole rings is 1. The third kappa shape index (κ3) is 2.82. The van der Waals surface area contributed by atoms with Crippen LogP contribution in [-0.2, 0) is 11.8 Å². The molecule has 1 N–H and O–H groups in total. The zero-order valence-electron chi connectivity index (χ0n) is 12.3. The maximum Gasteiger partial charge on any atom is 0.0957 e. The van der Waals surface area contributed by atoms with Crippen molar-refractivity contribution in [3.05, 3.63) is 46.4 Å². The lowest BCUT2D eigenvalue weighted by atomic mass is 9.93. The fraction of sp³-hybridized carbons (Fsp3) is 0.400. The Morgan fingerprint density at radius 3 is 2.86 bits per heavy atom. The van der Waals surface area contributed by atoms with Crippen LogP contribution in [0, 0.1) is 0 Å². The number of fused-ring (bicyclic) bond motifs is 1. The monoisotopic (exact) mass is 302 g/mol. The summed E-state index contributed by atoms with van der Waals surface area (Å²) in [6.45, 7) is 6.41. The van der Waals surface area contributed by atoms with Crippen LogP contribution in [0.1, 0.15) is 43.1 Å². The molecule has 0 saturated heterocycles.